The Kier molecular flexibility index (Phi) is 4.57. The minimum atomic E-state index is -0.106. The molecule has 0 saturated carbocycles. The Morgan fingerprint density at radius 3 is 2.80 bits per heavy atom. The molecule has 0 spiro atoms. The van der Waals surface area contributed by atoms with Crippen molar-refractivity contribution in [1.82, 2.24) is 15.2 Å². The highest BCUT2D eigenvalue weighted by molar-refractivity contribution is 7.99. The van der Waals surface area contributed by atoms with Crippen molar-refractivity contribution in [2.45, 2.75) is 11.6 Å². The van der Waals surface area contributed by atoms with Crippen LogP contribution in [0.25, 0.3) is 0 Å². The zero-order valence-electron chi connectivity index (χ0n) is 10.5. The molecule has 2 rings (SSSR count). The van der Waals surface area contributed by atoms with Crippen molar-refractivity contribution in [2.24, 2.45) is 0 Å². The number of hydrogen-bond donors (Lipinski definition) is 3. The van der Waals surface area contributed by atoms with Gasteiger partial charge in [-0.1, -0.05) is 11.8 Å². The quantitative estimate of drug-likeness (QED) is 0.715. The number of anilines is 2. The number of nitrogens with two attached hydrogens (primary N) is 1. The molecule has 1 aromatic heterocycles. The molecule has 2 aromatic rings. The molecule has 0 atom stereocenters. The lowest BCUT2D eigenvalue weighted by molar-refractivity contribution is -0.115. The highest BCUT2D eigenvalue weighted by Crippen LogP contribution is 2.15. The van der Waals surface area contributed by atoms with Gasteiger partial charge in [0.25, 0.3) is 0 Å². The molecule has 1 aromatic carbocycles. The maximum Gasteiger partial charge on any atom is 0.225 e. The van der Waals surface area contributed by atoms with Crippen molar-refractivity contribution in [1.29, 1.82) is 5.26 Å². The van der Waals surface area contributed by atoms with Crippen molar-refractivity contribution in [3.63, 3.8) is 0 Å². The molecule has 102 valence electrons. The number of carbonyl (C=O) groups excluding carboxylic acids is 1. The molecule has 0 fully saturated rings. The van der Waals surface area contributed by atoms with Gasteiger partial charge < -0.3 is 11.1 Å². The third-order valence-electron chi connectivity index (χ3n) is 2.34. The molecular formula is C12H12N6OS. The molecule has 7 nitrogen and oxygen atoms in total. The number of carbonyl (C=O) groups is 1. The van der Waals surface area contributed by atoms with Crippen LogP contribution in [0.4, 0.5) is 11.6 Å². The number of hydrogen-bond acceptors (Lipinski definition) is 6. The predicted molar refractivity (Wildman–Crippen MR) is 75.9 cm³/mol. The van der Waals surface area contributed by atoms with E-state index in [1.807, 2.05) is 6.07 Å². The molecule has 4 N–H and O–H groups in total. The minimum absolute atomic E-state index is 0.106. The van der Waals surface area contributed by atoms with Gasteiger partial charge in [0.1, 0.15) is 0 Å². The van der Waals surface area contributed by atoms with E-state index in [4.69, 9.17) is 11.0 Å². The number of H-pyrrole nitrogens is 1. The minimum Gasteiger partial charge on any atom is -0.368 e. The second-order valence-corrected chi connectivity index (χ2v) is 4.90. The molecule has 8 heteroatoms. The summed E-state index contributed by atoms with van der Waals surface area (Å²) in [4.78, 5) is 15.6. The number of thioether (sulfide) groups is 1. The van der Waals surface area contributed by atoms with Crippen LogP contribution in [-0.4, -0.2) is 26.8 Å². The van der Waals surface area contributed by atoms with Gasteiger partial charge in [0.15, 0.2) is 0 Å². The summed E-state index contributed by atoms with van der Waals surface area (Å²) in [6.07, 6.45) is 0.332. The summed E-state index contributed by atoms with van der Waals surface area (Å²) in [5.41, 5.74) is 6.62. The van der Waals surface area contributed by atoms with Gasteiger partial charge in [-0.3, -0.25) is 4.79 Å². The van der Waals surface area contributed by atoms with E-state index in [2.05, 4.69) is 20.5 Å². The third-order valence-corrected chi connectivity index (χ3v) is 3.19. The first kappa shape index (κ1) is 13.9. The first-order valence-electron chi connectivity index (χ1n) is 5.78. The summed E-state index contributed by atoms with van der Waals surface area (Å²) in [6.45, 7) is 0. The summed E-state index contributed by atoms with van der Waals surface area (Å²) >= 11 is 1.35. The van der Waals surface area contributed by atoms with Crippen molar-refractivity contribution in [2.75, 3.05) is 16.8 Å². The molecule has 0 radical (unpaired) electrons. The van der Waals surface area contributed by atoms with E-state index < -0.39 is 0 Å². The van der Waals surface area contributed by atoms with Crippen molar-refractivity contribution >= 4 is 29.3 Å². The summed E-state index contributed by atoms with van der Waals surface area (Å²) in [7, 11) is 0. The van der Waals surface area contributed by atoms with Gasteiger partial charge in [-0.15, -0.1) is 5.10 Å². The molecule has 0 aliphatic rings. The zero-order chi connectivity index (χ0) is 14.4. The Morgan fingerprint density at radius 2 is 2.20 bits per heavy atom. The van der Waals surface area contributed by atoms with Gasteiger partial charge in [0.2, 0.25) is 17.0 Å². The summed E-state index contributed by atoms with van der Waals surface area (Å²) < 4.78 is 0. The molecule has 0 aliphatic carbocycles. The Labute approximate surface area is 119 Å². The Morgan fingerprint density at radius 1 is 1.45 bits per heavy atom. The summed E-state index contributed by atoms with van der Waals surface area (Å²) in [6, 6.07) is 8.71. The number of amides is 1. The summed E-state index contributed by atoms with van der Waals surface area (Å²) in [5, 5.41) is 18.3. The van der Waals surface area contributed by atoms with Gasteiger partial charge >= 0.3 is 0 Å². The van der Waals surface area contributed by atoms with E-state index in [0.717, 1.165) is 0 Å². The number of rotatable bonds is 5. The lowest BCUT2D eigenvalue weighted by atomic mass is 10.2. The Hall–Kier alpha value is -2.53. The lowest BCUT2D eigenvalue weighted by Gasteiger charge is -2.04. The lowest BCUT2D eigenvalue weighted by Crippen LogP contribution is -2.12. The van der Waals surface area contributed by atoms with Crippen LogP contribution in [0.1, 0.15) is 12.0 Å². The van der Waals surface area contributed by atoms with Crippen LogP contribution in [0.15, 0.2) is 29.4 Å². The number of benzene rings is 1. The van der Waals surface area contributed by atoms with Gasteiger partial charge in [-0.05, 0) is 24.3 Å². The van der Waals surface area contributed by atoms with E-state index in [1.165, 1.54) is 11.8 Å². The van der Waals surface area contributed by atoms with Gasteiger partial charge in [0.05, 0.1) is 11.6 Å². The highest BCUT2D eigenvalue weighted by Gasteiger charge is 2.05. The van der Waals surface area contributed by atoms with E-state index in [0.29, 0.717) is 28.6 Å². The molecule has 1 amide bonds. The fourth-order valence-electron chi connectivity index (χ4n) is 1.41. The molecular weight excluding hydrogens is 276 g/mol. The average molecular weight is 288 g/mol. The number of aromatic amines is 1. The fourth-order valence-corrected chi connectivity index (χ4v) is 2.15. The monoisotopic (exact) mass is 288 g/mol. The zero-order valence-corrected chi connectivity index (χ0v) is 11.3. The maximum atomic E-state index is 11.7. The van der Waals surface area contributed by atoms with E-state index >= 15 is 0 Å². The second kappa shape index (κ2) is 6.58. The van der Waals surface area contributed by atoms with Gasteiger partial charge in [-0.25, -0.2) is 5.10 Å². The van der Waals surface area contributed by atoms with E-state index in [1.54, 1.807) is 24.3 Å². The number of nitrogens with zero attached hydrogens (tertiary/aromatic N) is 3. The van der Waals surface area contributed by atoms with E-state index in [-0.39, 0.29) is 11.9 Å². The SMILES string of the molecule is N#Cc1ccc(NC(=O)CCSc2n[nH]c(N)n2)cc1. The molecule has 0 unspecified atom stereocenters. The maximum absolute atomic E-state index is 11.7. The fraction of sp³-hybridized carbons (Fsp3) is 0.167. The van der Waals surface area contributed by atoms with Crippen molar-refractivity contribution in [3.8, 4) is 6.07 Å². The van der Waals surface area contributed by atoms with Crippen LogP contribution in [0.2, 0.25) is 0 Å². The van der Waals surface area contributed by atoms with Crippen LogP contribution in [-0.2, 0) is 4.79 Å². The number of nitrogens with one attached hydrogen (secondary N) is 2. The average Bonchev–Trinajstić information content (AvgIpc) is 2.85. The largest absolute Gasteiger partial charge is 0.368 e. The van der Waals surface area contributed by atoms with Gasteiger partial charge in [0, 0.05) is 17.9 Å². The molecule has 0 bridgehead atoms. The molecule has 1 heterocycles. The first-order valence-corrected chi connectivity index (χ1v) is 6.76. The van der Waals surface area contributed by atoms with Crippen LogP contribution >= 0.6 is 11.8 Å². The highest BCUT2D eigenvalue weighted by atomic mass is 32.2. The first-order chi connectivity index (χ1) is 9.67. The van der Waals surface area contributed by atoms with Gasteiger partial charge in [-0.2, -0.15) is 10.2 Å². The smallest absolute Gasteiger partial charge is 0.225 e. The molecule has 0 aliphatic heterocycles. The van der Waals surface area contributed by atoms with Crippen LogP contribution in [0.5, 0.6) is 0 Å². The number of nitriles is 1. The van der Waals surface area contributed by atoms with Crippen LogP contribution in [0.3, 0.4) is 0 Å². The van der Waals surface area contributed by atoms with Crippen LogP contribution in [0, 0.1) is 11.3 Å². The Bertz CT molecular complexity index is 630. The molecule has 20 heavy (non-hydrogen) atoms. The van der Waals surface area contributed by atoms with Crippen LogP contribution < -0.4 is 11.1 Å². The van der Waals surface area contributed by atoms with Crippen molar-refractivity contribution in [3.05, 3.63) is 29.8 Å². The normalized spacial score (nSPS) is 9.95. The molecule has 0 saturated heterocycles. The predicted octanol–water partition coefficient (Wildman–Crippen LogP) is 1.38. The second-order valence-electron chi connectivity index (χ2n) is 3.84. The number of aromatic nitrogens is 3. The standard InChI is InChI=1S/C12H12N6OS/c13-7-8-1-3-9(4-2-8)15-10(19)5-6-20-12-16-11(14)17-18-12/h1-4H,5-6H2,(H,15,19)(H3,14,16,17,18). The topological polar surface area (TPSA) is 120 Å². The summed E-state index contributed by atoms with van der Waals surface area (Å²) in [5.74, 6) is 0.708. The number of nitrogen functional groups attached to an aromatic ring is 1. The van der Waals surface area contributed by atoms with Crippen molar-refractivity contribution < 1.29 is 4.79 Å². The van der Waals surface area contributed by atoms with E-state index in [9.17, 15) is 4.79 Å². The Balaban J connectivity index is 1.76. The third kappa shape index (κ3) is 4.00.